The molecule has 1 unspecified atom stereocenters. The molecule has 2 N–H and O–H groups in total. The zero-order valence-corrected chi connectivity index (χ0v) is 14.3. The lowest BCUT2D eigenvalue weighted by atomic mass is 9.91. The Kier molecular flexibility index (Phi) is 7.12. The molecule has 1 heterocycles. The average Bonchev–Trinajstić information content (AvgIpc) is 2.34. The highest BCUT2D eigenvalue weighted by molar-refractivity contribution is 9.10. The molecule has 1 fully saturated rings. The summed E-state index contributed by atoms with van der Waals surface area (Å²) in [6.07, 6.45) is 2.40. The van der Waals surface area contributed by atoms with E-state index in [1.165, 1.54) is 18.4 Å². The molecule has 0 amide bonds. The number of hydrogen-bond donors (Lipinski definition) is 1. The maximum atomic E-state index is 6.23. The first-order valence-electron chi connectivity index (χ1n) is 6.48. The minimum atomic E-state index is 0. The number of piperidine rings is 1. The Hall–Kier alpha value is 0.200. The second-order valence-electron chi connectivity index (χ2n) is 5.21. The molecule has 1 aliphatic heterocycles. The molecular weight excluding hydrogens is 347 g/mol. The second-order valence-corrected chi connectivity index (χ2v) is 6.53. The van der Waals surface area contributed by atoms with Crippen LogP contribution in [0.25, 0.3) is 0 Å². The summed E-state index contributed by atoms with van der Waals surface area (Å²) in [6.45, 7) is 5.29. The van der Waals surface area contributed by atoms with Crippen LogP contribution in [-0.4, -0.2) is 24.0 Å². The number of nitrogens with two attached hydrogens (primary N) is 1. The monoisotopic (exact) mass is 366 g/mol. The molecule has 1 aromatic carbocycles. The standard InChI is InChI=1S/C14H20BrClN2.ClH/c1-10(17)11-4-6-18(7-5-11)9-12-8-13(15)2-3-14(12)16;/h2-3,8,10-11H,4-7,9,17H2,1H3;1H. The summed E-state index contributed by atoms with van der Waals surface area (Å²) in [6, 6.07) is 6.37. The maximum Gasteiger partial charge on any atom is 0.0451 e. The van der Waals surface area contributed by atoms with Gasteiger partial charge in [-0.3, -0.25) is 4.90 Å². The van der Waals surface area contributed by atoms with Crippen molar-refractivity contribution < 1.29 is 0 Å². The highest BCUT2D eigenvalue weighted by Crippen LogP contribution is 2.25. The predicted octanol–water partition coefficient (Wildman–Crippen LogP) is 4.08. The zero-order valence-electron chi connectivity index (χ0n) is 11.1. The Morgan fingerprint density at radius 2 is 2.05 bits per heavy atom. The van der Waals surface area contributed by atoms with E-state index in [4.69, 9.17) is 17.3 Å². The molecule has 0 radical (unpaired) electrons. The van der Waals surface area contributed by atoms with Crippen molar-refractivity contribution in [3.05, 3.63) is 33.3 Å². The van der Waals surface area contributed by atoms with Gasteiger partial charge in [-0.1, -0.05) is 27.5 Å². The third-order valence-electron chi connectivity index (χ3n) is 3.78. The molecule has 0 saturated carbocycles. The van der Waals surface area contributed by atoms with E-state index >= 15 is 0 Å². The molecule has 1 aromatic rings. The third kappa shape index (κ3) is 4.91. The number of hydrogen-bond acceptors (Lipinski definition) is 2. The summed E-state index contributed by atoms with van der Waals surface area (Å²) in [7, 11) is 0. The van der Waals surface area contributed by atoms with Crippen LogP contribution in [0.4, 0.5) is 0 Å². The topological polar surface area (TPSA) is 29.3 Å². The van der Waals surface area contributed by atoms with Crippen molar-refractivity contribution in [2.75, 3.05) is 13.1 Å². The number of rotatable bonds is 3. The second kappa shape index (κ2) is 7.84. The van der Waals surface area contributed by atoms with Crippen molar-refractivity contribution in [1.82, 2.24) is 4.90 Å². The fraction of sp³-hybridized carbons (Fsp3) is 0.571. The van der Waals surface area contributed by atoms with Gasteiger partial charge < -0.3 is 5.73 Å². The van der Waals surface area contributed by atoms with Crippen molar-refractivity contribution in [1.29, 1.82) is 0 Å². The molecule has 2 nitrogen and oxygen atoms in total. The predicted molar refractivity (Wildman–Crippen MR) is 88.1 cm³/mol. The first-order valence-corrected chi connectivity index (χ1v) is 7.65. The molecule has 2 rings (SSSR count). The van der Waals surface area contributed by atoms with Gasteiger partial charge in [-0.25, -0.2) is 0 Å². The van der Waals surface area contributed by atoms with Gasteiger partial charge in [0.05, 0.1) is 0 Å². The lowest BCUT2D eigenvalue weighted by Gasteiger charge is -2.33. The summed E-state index contributed by atoms with van der Waals surface area (Å²) in [4.78, 5) is 2.46. The van der Waals surface area contributed by atoms with E-state index in [1.54, 1.807) is 0 Å². The minimum Gasteiger partial charge on any atom is -0.328 e. The lowest BCUT2D eigenvalue weighted by molar-refractivity contribution is 0.166. The highest BCUT2D eigenvalue weighted by atomic mass is 79.9. The van der Waals surface area contributed by atoms with E-state index < -0.39 is 0 Å². The van der Waals surface area contributed by atoms with E-state index in [0.717, 1.165) is 29.1 Å². The van der Waals surface area contributed by atoms with Crippen LogP contribution >= 0.6 is 39.9 Å². The molecule has 1 aliphatic rings. The molecule has 19 heavy (non-hydrogen) atoms. The van der Waals surface area contributed by atoms with E-state index in [1.807, 2.05) is 12.1 Å². The van der Waals surface area contributed by atoms with Gasteiger partial charge in [-0.05, 0) is 62.5 Å². The van der Waals surface area contributed by atoms with Crippen molar-refractivity contribution in [2.45, 2.75) is 32.4 Å². The lowest BCUT2D eigenvalue weighted by Crippen LogP contribution is -2.39. The van der Waals surface area contributed by atoms with Gasteiger partial charge in [0.2, 0.25) is 0 Å². The molecular formula is C14H21BrCl2N2. The molecule has 1 saturated heterocycles. The number of benzene rings is 1. The van der Waals surface area contributed by atoms with Gasteiger partial charge in [0.15, 0.2) is 0 Å². The number of likely N-dealkylation sites (tertiary alicyclic amines) is 1. The fourth-order valence-electron chi connectivity index (χ4n) is 2.54. The van der Waals surface area contributed by atoms with Crippen LogP contribution in [0.15, 0.2) is 22.7 Å². The minimum absolute atomic E-state index is 0. The third-order valence-corrected chi connectivity index (χ3v) is 4.64. The Balaban J connectivity index is 0.00000180. The van der Waals surface area contributed by atoms with Crippen LogP contribution in [0.1, 0.15) is 25.3 Å². The van der Waals surface area contributed by atoms with Crippen LogP contribution in [-0.2, 0) is 6.54 Å². The van der Waals surface area contributed by atoms with Gasteiger partial charge in [0.1, 0.15) is 0 Å². The van der Waals surface area contributed by atoms with Crippen LogP contribution in [0.2, 0.25) is 5.02 Å². The average molecular weight is 368 g/mol. The molecule has 0 bridgehead atoms. The van der Waals surface area contributed by atoms with E-state index in [9.17, 15) is 0 Å². The Morgan fingerprint density at radius 1 is 1.42 bits per heavy atom. The Morgan fingerprint density at radius 3 is 2.63 bits per heavy atom. The summed E-state index contributed by atoms with van der Waals surface area (Å²) in [5.74, 6) is 0.680. The van der Waals surface area contributed by atoms with E-state index in [-0.39, 0.29) is 12.4 Å². The molecule has 108 valence electrons. The van der Waals surface area contributed by atoms with Gasteiger partial charge in [0, 0.05) is 22.1 Å². The largest absolute Gasteiger partial charge is 0.328 e. The normalized spacial score (nSPS) is 18.9. The Bertz CT molecular complexity index is 404. The fourth-order valence-corrected chi connectivity index (χ4v) is 3.13. The molecule has 5 heteroatoms. The van der Waals surface area contributed by atoms with Crippen LogP contribution in [0.5, 0.6) is 0 Å². The number of nitrogens with zero attached hydrogens (tertiary/aromatic N) is 1. The Labute approximate surface area is 135 Å². The highest BCUT2D eigenvalue weighted by Gasteiger charge is 2.22. The van der Waals surface area contributed by atoms with Gasteiger partial charge in [-0.2, -0.15) is 0 Å². The molecule has 0 aliphatic carbocycles. The van der Waals surface area contributed by atoms with Gasteiger partial charge in [0.25, 0.3) is 0 Å². The van der Waals surface area contributed by atoms with Crippen LogP contribution in [0.3, 0.4) is 0 Å². The van der Waals surface area contributed by atoms with Crippen molar-refractivity contribution in [3.8, 4) is 0 Å². The van der Waals surface area contributed by atoms with Crippen molar-refractivity contribution >= 4 is 39.9 Å². The van der Waals surface area contributed by atoms with Crippen LogP contribution < -0.4 is 5.73 Å². The summed E-state index contributed by atoms with van der Waals surface area (Å²) >= 11 is 9.72. The van der Waals surface area contributed by atoms with E-state index in [2.05, 4.69) is 33.8 Å². The SMILES string of the molecule is CC(N)C1CCN(Cc2cc(Br)ccc2Cl)CC1.Cl. The molecule has 0 aromatic heterocycles. The molecule has 0 spiro atoms. The molecule has 1 atom stereocenters. The summed E-state index contributed by atoms with van der Waals surface area (Å²) in [5, 5.41) is 0.854. The maximum absolute atomic E-state index is 6.23. The first-order chi connectivity index (χ1) is 8.56. The quantitative estimate of drug-likeness (QED) is 0.871. The van der Waals surface area contributed by atoms with Crippen LogP contribution in [0, 0.1) is 5.92 Å². The van der Waals surface area contributed by atoms with Gasteiger partial charge in [-0.15, -0.1) is 12.4 Å². The first kappa shape index (κ1) is 17.3. The summed E-state index contributed by atoms with van der Waals surface area (Å²) < 4.78 is 1.09. The van der Waals surface area contributed by atoms with Crippen molar-refractivity contribution in [3.63, 3.8) is 0 Å². The van der Waals surface area contributed by atoms with E-state index in [0.29, 0.717) is 12.0 Å². The van der Waals surface area contributed by atoms with Crippen molar-refractivity contribution in [2.24, 2.45) is 11.7 Å². The summed E-state index contributed by atoms with van der Waals surface area (Å²) in [5.41, 5.74) is 7.16. The number of halogens is 3. The zero-order chi connectivity index (χ0) is 13.1. The van der Waals surface area contributed by atoms with Gasteiger partial charge >= 0.3 is 0 Å². The smallest absolute Gasteiger partial charge is 0.0451 e.